The van der Waals surface area contributed by atoms with Crippen LogP contribution in [0.15, 0.2) is 11.0 Å². The largest absolute Gasteiger partial charge is 0.327 e. The van der Waals surface area contributed by atoms with Gasteiger partial charge in [-0.05, 0) is 35.9 Å². The van der Waals surface area contributed by atoms with E-state index >= 15 is 0 Å². The maximum atomic E-state index is 11.9. The van der Waals surface area contributed by atoms with Gasteiger partial charge >= 0.3 is 5.69 Å². The Morgan fingerprint density at radius 3 is 3.00 bits per heavy atom. The highest BCUT2D eigenvalue weighted by molar-refractivity contribution is 7.99. The van der Waals surface area contributed by atoms with Crippen molar-refractivity contribution in [3.63, 3.8) is 0 Å². The molecular weight excluding hydrogens is 260 g/mol. The molecule has 1 N–H and O–H groups in total. The average molecular weight is 271 g/mol. The highest BCUT2D eigenvalue weighted by Gasteiger charge is 2.21. The number of aromatic nitrogens is 4. The molecule has 1 saturated heterocycles. The second-order valence-electron chi connectivity index (χ2n) is 4.02. The van der Waals surface area contributed by atoms with Crippen molar-refractivity contribution in [2.75, 3.05) is 11.5 Å². The summed E-state index contributed by atoms with van der Waals surface area (Å²) in [6.07, 6.45) is 3.55. The molecule has 0 aromatic carbocycles. The Hall–Kier alpha value is -1.01. The van der Waals surface area contributed by atoms with Gasteiger partial charge < -0.3 is 4.98 Å². The van der Waals surface area contributed by atoms with Crippen LogP contribution in [-0.4, -0.2) is 31.0 Å². The van der Waals surface area contributed by atoms with Crippen LogP contribution >= 0.6 is 23.4 Å². The fourth-order valence-electron chi connectivity index (χ4n) is 2.18. The normalized spacial score (nSPS) is 17.7. The van der Waals surface area contributed by atoms with Gasteiger partial charge in [-0.25, -0.2) is 9.78 Å². The number of H-pyrrole nitrogens is 1. The molecule has 2 aromatic heterocycles. The van der Waals surface area contributed by atoms with Gasteiger partial charge in [0.2, 0.25) is 5.28 Å². The molecule has 2 aromatic rings. The number of fused-ring (bicyclic) bond motifs is 1. The van der Waals surface area contributed by atoms with Gasteiger partial charge in [0.15, 0.2) is 5.65 Å². The minimum Gasteiger partial charge on any atom is -0.303 e. The van der Waals surface area contributed by atoms with Gasteiger partial charge in [-0.2, -0.15) is 16.7 Å². The number of imidazole rings is 1. The van der Waals surface area contributed by atoms with Crippen LogP contribution in [-0.2, 0) is 0 Å². The first kappa shape index (κ1) is 11.1. The van der Waals surface area contributed by atoms with Crippen molar-refractivity contribution < 1.29 is 0 Å². The molecule has 90 valence electrons. The van der Waals surface area contributed by atoms with Crippen LogP contribution in [0, 0.1) is 0 Å². The van der Waals surface area contributed by atoms with Crippen molar-refractivity contribution in [3.05, 3.63) is 22.0 Å². The smallest absolute Gasteiger partial charge is 0.303 e. The molecule has 0 spiro atoms. The van der Waals surface area contributed by atoms with E-state index in [1.165, 1.54) is 0 Å². The minimum atomic E-state index is -0.117. The van der Waals surface area contributed by atoms with Gasteiger partial charge in [0, 0.05) is 6.04 Å². The van der Waals surface area contributed by atoms with Crippen LogP contribution in [0.2, 0.25) is 5.28 Å². The highest BCUT2D eigenvalue weighted by atomic mass is 35.5. The molecule has 1 aliphatic heterocycles. The first-order valence-corrected chi connectivity index (χ1v) is 6.99. The second-order valence-corrected chi connectivity index (χ2v) is 5.58. The lowest BCUT2D eigenvalue weighted by atomic mass is 10.1. The van der Waals surface area contributed by atoms with E-state index in [9.17, 15) is 4.79 Å². The highest BCUT2D eigenvalue weighted by Crippen LogP contribution is 2.27. The number of nitrogens with zero attached hydrogens (tertiary/aromatic N) is 3. The molecule has 0 atom stereocenters. The van der Waals surface area contributed by atoms with Gasteiger partial charge in [0.1, 0.15) is 5.52 Å². The molecule has 1 fully saturated rings. The van der Waals surface area contributed by atoms with Gasteiger partial charge in [0.25, 0.3) is 0 Å². The van der Waals surface area contributed by atoms with Gasteiger partial charge in [-0.1, -0.05) is 0 Å². The van der Waals surface area contributed by atoms with Crippen molar-refractivity contribution in [2.45, 2.75) is 18.9 Å². The molecule has 0 amide bonds. The predicted octanol–water partition coefficient (Wildman–Crippen LogP) is 1.84. The number of rotatable bonds is 1. The molecule has 17 heavy (non-hydrogen) atoms. The van der Waals surface area contributed by atoms with Gasteiger partial charge in [-0.3, -0.25) is 4.57 Å². The van der Waals surface area contributed by atoms with Crippen LogP contribution in [0.4, 0.5) is 0 Å². The lowest BCUT2D eigenvalue weighted by molar-refractivity contribution is 0.467. The summed E-state index contributed by atoms with van der Waals surface area (Å²) in [6.45, 7) is 0. The maximum absolute atomic E-state index is 11.9. The third-order valence-electron chi connectivity index (χ3n) is 2.98. The van der Waals surface area contributed by atoms with Crippen molar-refractivity contribution in [1.29, 1.82) is 0 Å². The van der Waals surface area contributed by atoms with E-state index in [1.54, 1.807) is 10.8 Å². The molecule has 0 radical (unpaired) electrons. The fraction of sp³-hybridized carbons (Fsp3) is 0.500. The van der Waals surface area contributed by atoms with Crippen molar-refractivity contribution in [3.8, 4) is 0 Å². The molecule has 3 rings (SSSR count). The Bertz CT molecular complexity index is 602. The Morgan fingerprint density at radius 2 is 2.24 bits per heavy atom. The number of halogens is 1. The van der Waals surface area contributed by atoms with E-state index in [-0.39, 0.29) is 17.0 Å². The Morgan fingerprint density at radius 1 is 1.47 bits per heavy atom. The Kier molecular flexibility index (Phi) is 2.84. The monoisotopic (exact) mass is 270 g/mol. The molecular formula is C10H11ClN4OS. The van der Waals surface area contributed by atoms with Crippen LogP contribution in [0.5, 0.6) is 0 Å². The topological polar surface area (TPSA) is 63.6 Å². The second kappa shape index (κ2) is 4.34. The van der Waals surface area contributed by atoms with Crippen LogP contribution in [0.3, 0.4) is 0 Å². The van der Waals surface area contributed by atoms with E-state index < -0.39 is 0 Å². The zero-order valence-electron chi connectivity index (χ0n) is 9.02. The molecule has 3 heterocycles. The van der Waals surface area contributed by atoms with Crippen LogP contribution < -0.4 is 5.69 Å². The van der Waals surface area contributed by atoms with Gasteiger partial charge in [-0.15, -0.1) is 0 Å². The summed E-state index contributed by atoms with van der Waals surface area (Å²) < 4.78 is 1.72. The summed E-state index contributed by atoms with van der Waals surface area (Å²) in [4.78, 5) is 22.7. The quantitative estimate of drug-likeness (QED) is 0.803. The van der Waals surface area contributed by atoms with Crippen molar-refractivity contribution in [2.24, 2.45) is 0 Å². The molecule has 0 unspecified atom stereocenters. The molecule has 0 aliphatic carbocycles. The number of hydrogen-bond donors (Lipinski definition) is 1. The summed E-state index contributed by atoms with van der Waals surface area (Å²) in [7, 11) is 0. The Labute approximate surface area is 107 Å². The van der Waals surface area contributed by atoms with E-state index in [0.29, 0.717) is 11.2 Å². The number of nitrogens with one attached hydrogen (secondary N) is 1. The third kappa shape index (κ3) is 1.95. The summed E-state index contributed by atoms with van der Waals surface area (Å²) in [5, 5.41) is 0.176. The lowest BCUT2D eigenvalue weighted by Crippen LogP contribution is -2.25. The first-order chi connectivity index (χ1) is 8.25. The third-order valence-corrected chi connectivity index (χ3v) is 4.21. The molecule has 0 bridgehead atoms. The molecule has 7 heteroatoms. The summed E-state index contributed by atoms with van der Waals surface area (Å²) in [5.41, 5.74) is 1.15. The van der Waals surface area contributed by atoms with Gasteiger partial charge in [0.05, 0.1) is 6.20 Å². The zero-order chi connectivity index (χ0) is 11.8. The lowest BCUT2D eigenvalue weighted by Gasteiger charge is -2.22. The Balaban J connectivity index is 2.16. The average Bonchev–Trinajstić information content (AvgIpc) is 2.65. The minimum absolute atomic E-state index is 0.117. The first-order valence-electron chi connectivity index (χ1n) is 5.46. The maximum Gasteiger partial charge on any atom is 0.327 e. The fourth-order valence-corrected chi connectivity index (χ4v) is 3.39. The zero-order valence-corrected chi connectivity index (χ0v) is 10.6. The summed E-state index contributed by atoms with van der Waals surface area (Å²) in [5.74, 6) is 2.17. The van der Waals surface area contributed by atoms with Crippen LogP contribution in [0.1, 0.15) is 18.9 Å². The van der Waals surface area contributed by atoms with Crippen LogP contribution in [0.25, 0.3) is 11.2 Å². The number of hydrogen-bond acceptors (Lipinski definition) is 4. The number of thioether (sulfide) groups is 1. The van der Waals surface area contributed by atoms with Crippen molar-refractivity contribution in [1.82, 2.24) is 19.5 Å². The van der Waals surface area contributed by atoms with E-state index in [1.807, 2.05) is 11.8 Å². The molecule has 0 saturated carbocycles. The molecule has 1 aliphatic rings. The summed E-state index contributed by atoms with van der Waals surface area (Å²) >= 11 is 7.71. The van der Waals surface area contributed by atoms with E-state index in [4.69, 9.17) is 11.6 Å². The van der Waals surface area contributed by atoms with E-state index in [2.05, 4.69) is 15.0 Å². The SMILES string of the molecule is O=c1[nH]c2cnc(Cl)nc2n1C1CCSCC1. The predicted molar refractivity (Wildman–Crippen MR) is 68.8 cm³/mol. The number of aromatic amines is 1. The van der Waals surface area contributed by atoms with Crippen molar-refractivity contribution >= 4 is 34.5 Å². The summed E-state index contributed by atoms with van der Waals surface area (Å²) in [6, 6.07) is 0.225. The van der Waals surface area contributed by atoms with E-state index in [0.717, 1.165) is 24.3 Å². The standard InChI is InChI=1S/C10H11ClN4OS/c11-9-12-5-7-8(14-9)15(10(16)13-7)6-1-3-17-4-2-6/h5-6H,1-4H2,(H,13,16). The molecule has 5 nitrogen and oxygen atoms in total.